The van der Waals surface area contributed by atoms with Crippen LogP contribution in [-0.4, -0.2) is 29.6 Å². The minimum Gasteiger partial charge on any atom is -0.481 e. The molecular weight excluding hydrogens is 390 g/mol. The molecule has 156 valence electrons. The summed E-state index contributed by atoms with van der Waals surface area (Å²) < 4.78 is 5.27. The first-order valence-electron chi connectivity index (χ1n) is 10.4. The second-order valence-electron chi connectivity index (χ2n) is 8.45. The number of fused-ring (bicyclic) bond motifs is 3. The zero-order chi connectivity index (χ0) is 20.7. The molecule has 1 aromatic heterocycles. The number of ether oxygens (including phenoxy) is 1. The SMILES string of the molecule is CCOC(=O)c1c(NC(=O)[C@@H]2[C@@H](C(=O)O)[C@H]3C=C[C@@H]2CC3)sc2c1CC[C@@H](C)C2. The van der Waals surface area contributed by atoms with Gasteiger partial charge >= 0.3 is 11.9 Å². The van der Waals surface area contributed by atoms with Gasteiger partial charge in [-0.05, 0) is 62.3 Å². The van der Waals surface area contributed by atoms with Crippen LogP contribution in [0.3, 0.4) is 0 Å². The van der Waals surface area contributed by atoms with Gasteiger partial charge in [-0.1, -0.05) is 19.1 Å². The molecule has 5 rings (SSSR count). The zero-order valence-electron chi connectivity index (χ0n) is 16.8. The van der Waals surface area contributed by atoms with Crippen LogP contribution < -0.4 is 5.32 Å². The number of amides is 1. The predicted molar refractivity (Wildman–Crippen MR) is 110 cm³/mol. The molecule has 1 heterocycles. The fraction of sp³-hybridized carbons (Fsp3) is 0.591. The molecule has 1 saturated carbocycles. The lowest BCUT2D eigenvalue weighted by Gasteiger charge is -2.41. The summed E-state index contributed by atoms with van der Waals surface area (Å²) in [6, 6.07) is 0. The molecule has 1 amide bonds. The van der Waals surface area contributed by atoms with Crippen molar-refractivity contribution in [2.75, 3.05) is 11.9 Å². The molecule has 2 N–H and O–H groups in total. The summed E-state index contributed by atoms with van der Waals surface area (Å²) >= 11 is 1.44. The van der Waals surface area contributed by atoms with E-state index in [9.17, 15) is 19.5 Å². The first-order valence-corrected chi connectivity index (χ1v) is 11.3. The van der Waals surface area contributed by atoms with E-state index < -0.39 is 23.8 Å². The first kappa shape index (κ1) is 20.1. The standard InChI is InChI=1S/C22H27NO5S/c1-3-28-22(27)18-14-9-4-11(2)10-15(14)29-20(18)23-19(24)16-12-5-7-13(8-6-12)17(16)21(25)26/h5,7,11-13,16-17H,3-4,6,8-10H2,1-2H3,(H,23,24)(H,25,26)/t11-,12-,13+,16+,17+/m1/s1. The predicted octanol–water partition coefficient (Wildman–Crippen LogP) is 3.90. The molecule has 0 spiro atoms. The molecule has 1 aromatic rings. The quantitative estimate of drug-likeness (QED) is 0.560. The van der Waals surface area contributed by atoms with Gasteiger partial charge in [-0.25, -0.2) is 4.79 Å². The molecule has 1 fully saturated rings. The number of anilines is 1. The number of thiophene rings is 1. The van der Waals surface area contributed by atoms with Gasteiger partial charge in [0.25, 0.3) is 0 Å². The van der Waals surface area contributed by atoms with Gasteiger partial charge in [-0.2, -0.15) is 0 Å². The van der Waals surface area contributed by atoms with Crippen molar-refractivity contribution in [1.82, 2.24) is 0 Å². The number of rotatable bonds is 5. The van der Waals surface area contributed by atoms with E-state index in [1.165, 1.54) is 11.3 Å². The molecule has 0 radical (unpaired) electrons. The molecule has 0 aliphatic heterocycles. The third-order valence-corrected chi connectivity index (χ3v) is 7.73. The second-order valence-corrected chi connectivity index (χ2v) is 9.55. The second kappa shape index (κ2) is 7.94. The molecule has 4 aliphatic carbocycles. The molecule has 6 nitrogen and oxygen atoms in total. The van der Waals surface area contributed by atoms with Gasteiger partial charge in [0.2, 0.25) is 5.91 Å². The summed E-state index contributed by atoms with van der Waals surface area (Å²) in [4.78, 5) is 38.9. The summed E-state index contributed by atoms with van der Waals surface area (Å²) in [5.41, 5.74) is 1.46. The van der Waals surface area contributed by atoms with E-state index in [-0.39, 0.29) is 24.3 Å². The fourth-order valence-electron chi connectivity index (χ4n) is 5.14. The van der Waals surface area contributed by atoms with Gasteiger partial charge in [0.1, 0.15) is 5.00 Å². The smallest absolute Gasteiger partial charge is 0.341 e. The van der Waals surface area contributed by atoms with Crippen LogP contribution in [0.15, 0.2) is 12.2 Å². The van der Waals surface area contributed by atoms with Crippen molar-refractivity contribution < 1.29 is 24.2 Å². The molecule has 7 heteroatoms. The summed E-state index contributed by atoms with van der Waals surface area (Å²) in [6.07, 6.45) is 8.26. The van der Waals surface area contributed by atoms with E-state index >= 15 is 0 Å². The number of allylic oxidation sites excluding steroid dienone is 2. The number of hydrogen-bond donors (Lipinski definition) is 2. The number of carboxylic acids is 1. The number of carbonyl (C=O) groups excluding carboxylic acids is 2. The van der Waals surface area contributed by atoms with E-state index in [4.69, 9.17) is 4.74 Å². The Morgan fingerprint density at radius 1 is 1.17 bits per heavy atom. The summed E-state index contributed by atoms with van der Waals surface area (Å²) in [7, 11) is 0. The summed E-state index contributed by atoms with van der Waals surface area (Å²) in [5.74, 6) is -2.58. The lowest BCUT2D eigenvalue weighted by molar-refractivity contribution is -0.151. The van der Waals surface area contributed by atoms with E-state index in [1.54, 1.807) is 6.92 Å². The zero-order valence-corrected chi connectivity index (χ0v) is 17.6. The van der Waals surface area contributed by atoms with Crippen LogP contribution in [0.2, 0.25) is 0 Å². The minimum atomic E-state index is -0.922. The summed E-state index contributed by atoms with van der Waals surface area (Å²) in [6.45, 7) is 4.22. The van der Waals surface area contributed by atoms with E-state index in [0.29, 0.717) is 16.5 Å². The molecule has 4 aliphatic rings. The highest BCUT2D eigenvalue weighted by Crippen LogP contribution is 2.46. The van der Waals surface area contributed by atoms with Crippen LogP contribution in [0.25, 0.3) is 0 Å². The topological polar surface area (TPSA) is 92.7 Å². The van der Waals surface area contributed by atoms with Crippen LogP contribution in [-0.2, 0) is 27.2 Å². The molecule has 0 unspecified atom stereocenters. The highest BCUT2D eigenvalue weighted by molar-refractivity contribution is 7.17. The third kappa shape index (κ3) is 3.61. The fourth-order valence-corrected chi connectivity index (χ4v) is 6.54. The van der Waals surface area contributed by atoms with Gasteiger partial charge < -0.3 is 15.2 Å². The molecule has 5 atom stereocenters. The number of aliphatic carboxylic acids is 1. The average molecular weight is 418 g/mol. The van der Waals surface area contributed by atoms with Crippen LogP contribution >= 0.6 is 11.3 Å². The van der Waals surface area contributed by atoms with E-state index in [0.717, 1.165) is 42.5 Å². The number of esters is 1. The first-order chi connectivity index (χ1) is 13.9. The maximum atomic E-state index is 13.2. The third-order valence-electron chi connectivity index (χ3n) is 6.56. The van der Waals surface area contributed by atoms with Gasteiger partial charge in [0.05, 0.1) is 24.0 Å². The minimum absolute atomic E-state index is 0.0678. The van der Waals surface area contributed by atoms with Crippen molar-refractivity contribution in [2.24, 2.45) is 29.6 Å². The van der Waals surface area contributed by atoms with Crippen molar-refractivity contribution in [1.29, 1.82) is 0 Å². The van der Waals surface area contributed by atoms with Crippen molar-refractivity contribution in [3.05, 3.63) is 28.2 Å². The Bertz CT molecular complexity index is 873. The van der Waals surface area contributed by atoms with Gasteiger partial charge in [-0.15, -0.1) is 11.3 Å². The molecule has 0 saturated heterocycles. The highest BCUT2D eigenvalue weighted by Gasteiger charge is 2.48. The van der Waals surface area contributed by atoms with Gasteiger partial charge in [0.15, 0.2) is 0 Å². The maximum absolute atomic E-state index is 13.2. The van der Waals surface area contributed by atoms with E-state index in [2.05, 4.69) is 12.2 Å². The maximum Gasteiger partial charge on any atom is 0.341 e. The number of carbonyl (C=O) groups is 3. The normalized spacial score (nSPS) is 29.9. The lowest BCUT2D eigenvalue weighted by atomic mass is 9.62. The molecule has 2 bridgehead atoms. The molecule has 0 aromatic carbocycles. The van der Waals surface area contributed by atoms with Crippen LogP contribution in [0.5, 0.6) is 0 Å². The number of nitrogens with one attached hydrogen (secondary N) is 1. The summed E-state index contributed by atoms with van der Waals surface area (Å²) in [5, 5.41) is 13.2. The van der Waals surface area contributed by atoms with Crippen molar-refractivity contribution >= 4 is 34.2 Å². The molecular formula is C22H27NO5S. The Morgan fingerprint density at radius 3 is 2.48 bits per heavy atom. The van der Waals surface area contributed by atoms with Crippen LogP contribution in [0, 0.1) is 29.6 Å². The van der Waals surface area contributed by atoms with Crippen molar-refractivity contribution in [3.63, 3.8) is 0 Å². The van der Waals surface area contributed by atoms with Gasteiger partial charge in [-0.3, -0.25) is 9.59 Å². The Morgan fingerprint density at radius 2 is 1.86 bits per heavy atom. The van der Waals surface area contributed by atoms with Gasteiger partial charge in [0, 0.05) is 4.88 Å². The monoisotopic (exact) mass is 417 g/mol. The number of hydrogen-bond acceptors (Lipinski definition) is 5. The Hall–Kier alpha value is -2.15. The van der Waals surface area contributed by atoms with Crippen molar-refractivity contribution in [3.8, 4) is 0 Å². The largest absolute Gasteiger partial charge is 0.481 e. The lowest BCUT2D eigenvalue weighted by Crippen LogP contribution is -2.47. The van der Waals surface area contributed by atoms with Crippen LogP contribution in [0.4, 0.5) is 5.00 Å². The van der Waals surface area contributed by atoms with E-state index in [1.807, 2.05) is 12.2 Å². The van der Waals surface area contributed by atoms with Crippen LogP contribution in [0.1, 0.15) is 53.9 Å². The Balaban J connectivity index is 1.65. The molecule has 29 heavy (non-hydrogen) atoms. The highest BCUT2D eigenvalue weighted by atomic mass is 32.1. The number of carboxylic acid groups (broad SMARTS) is 1. The van der Waals surface area contributed by atoms with Crippen molar-refractivity contribution in [2.45, 2.75) is 46.0 Å². The Kier molecular flexibility index (Phi) is 5.51. The Labute approximate surface area is 174 Å². The average Bonchev–Trinajstić information content (AvgIpc) is 3.04.